The molecule has 9 aromatic rings. The van der Waals surface area contributed by atoms with Crippen molar-refractivity contribution in [3.8, 4) is 39.5 Å². The van der Waals surface area contributed by atoms with Crippen LogP contribution in [0.5, 0.6) is 5.75 Å². The Hall–Kier alpha value is -8.50. The minimum absolute atomic E-state index is 0.00688. The van der Waals surface area contributed by atoms with Gasteiger partial charge in [-0.25, -0.2) is 46.7 Å². The fourth-order valence-corrected chi connectivity index (χ4v) is 16.5. The molecule has 23 nitrogen and oxygen atoms in total. The van der Waals surface area contributed by atoms with Crippen LogP contribution in [0.2, 0.25) is 51.4 Å². The van der Waals surface area contributed by atoms with Crippen molar-refractivity contribution >= 4 is 108 Å². The Balaban J connectivity index is 0.000000200. The number of hydrogen-bond donors (Lipinski definition) is 1. The predicted octanol–water partition coefficient (Wildman–Crippen LogP) is 16.5. The molecule has 3 aromatic carbocycles. The van der Waals surface area contributed by atoms with Crippen LogP contribution in [0.1, 0.15) is 106 Å². The molecule has 0 spiro atoms. The van der Waals surface area contributed by atoms with Gasteiger partial charge in [0, 0.05) is 131 Å². The van der Waals surface area contributed by atoms with Crippen molar-refractivity contribution in [1.82, 2.24) is 44.0 Å². The van der Waals surface area contributed by atoms with Crippen LogP contribution in [-0.4, -0.2) is 188 Å². The summed E-state index contributed by atoms with van der Waals surface area (Å²) in [5.41, 5.74) is 6.64. The van der Waals surface area contributed by atoms with E-state index < -0.39 is 91.2 Å². The Kier molecular flexibility index (Phi) is 25.8. The number of aromatic amines is 1. The first-order valence-corrected chi connectivity index (χ1v) is 49.2. The lowest BCUT2D eigenvalue weighted by Gasteiger charge is -2.32. The van der Waals surface area contributed by atoms with Gasteiger partial charge in [0.05, 0.1) is 62.9 Å². The summed E-state index contributed by atoms with van der Waals surface area (Å²) >= 11 is 0. The van der Waals surface area contributed by atoms with Gasteiger partial charge >= 0.3 is 33.4 Å². The quantitative estimate of drug-likeness (QED) is 0.0183. The predicted molar refractivity (Wildman–Crippen MR) is 426 cm³/mol. The van der Waals surface area contributed by atoms with E-state index in [1.54, 1.807) is 43.9 Å². The van der Waals surface area contributed by atoms with Gasteiger partial charge in [-0.05, 0) is 61.3 Å². The maximum absolute atomic E-state index is 14.2. The van der Waals surface area contributed by atoms with Crippen LogP contribution in [0, 0.1) is 16.2 Å². The minimum Gasteiger partial charge on any atom is -0.378 e. The number of hydrogen-bond acceptors (Lipinski definition) is 20. The monoisotopic (exact) mass is 1690 g/mol. The van der Waals surface area contributed by atoms with Crippen LogP contribution in [0.25, 0.3) is 67.3 Å². The molecule has 0 amide bonds. The Morgan fingerprint density at radius 1 is 0.509 bits per heavy atom. The number of fused-ring (bicyclic) bond motifs is 3. The number of Topliss-reactive ketones (excluding diaryl/α,β-unsaturated/α-hetero) is 3. The van der Waals surface area contributed by atoms with Gasteiger partial charge < -0.3 is 37.6 Å². The molecule has 0 bridgehead atoms. The van der Waals surface area contributed by atoms with Crippen molar-refractivity contribution in [3.05, 3.63) is 127 Å². The first kappa shape index (κ1) is 89.4. The normalized spacial score (nSPS) is 16.0. The number of sulfone groups is 2. The maximum atomic E-state index is 14.2. The highest BCUT2D eigenvalue weighted by Gasteiger charge is 2.86. The molecule has 2 fully saturated rings. The summed E-state index contributed by atoms with van der Waals surface area (Å²) in [7, 11) is -15.9. The molecule has 6 aromatic heterocycles. The maximum Gasteiger partial charge on any atom is 0.460 e. The molecule has 37 heteroatoms. The topological polar surface area (TPSA) is 291 Å². The van der Waals surface area contributed by atoms with E-state index in [2.05, 4.69) is 73.2 Å². The molecule has 2 unspecified atom stereocenters. The summed E-state index contributed by atoms with van der Waals surface area (Å²) in [5, 5.41) is -7.71. The Bertz CT molecular complexity index is 5440. The number of nitrogens with zero attached hydrogens (tertiary/aromatic N) is 10. The van der Waals surface area contributed by atoms with Gasteiger partial charge in [0.2, 0.25) is 0 Å². The molecular formula is C77H96F9N11O12S3Si2. The highest BCUT2D eigenvalue weighted by atomic mass is 32.2. The summed E-state index contributed by atoms with van der Waals surface area (Å²) in [6, 6.07) is 21.2. The van der Waals surface area contributed by atoms with E-state index in [0.29, 0.717) is 116 Å². The van der Waals surface area contributed by atoms with Crippen LogP contribution in [0.15, 0.2) is 110 Å². The average molecular weight is 1690 g/mol. The standard InChI is InChI=1S/C28H40N4O4SSi.C27H30F9N3O5SSi.C22H26N4O3S/c1-28(2,3)26(33)23-18-32(19-36-13-14-38(5,6)7)27-25(23)30-24(16-29-27)20-9-8-10-21(15-20)31-12-11-22(17-31)37(4,34)35;1-23(2,3)21(40)18-14-39(15-43-10-11-46(4,5)6)22-20(18)38-19(13-37-22)16-8-7-9-17(12-16)44-45(41,42)27(35,36)25(30,31)24(28,29)26(32,33)34;1-22(2,3)20(27)17-11-23-21-19(17)25-18(12-24-21)14-6-5-7-15(10-14)26-9-8-16(13-26)30(4,28)29/h8-10,15-16,18,22H,11-14,17,19H2,1-7H3;7-9,12-14H,10-11,15H2,1-6H3;5-7,10-12,16H,8-9,13H2,1-4H3,(H,23,24). The lowest BCUT2D eigenvalue weighted by molar-refractivity contribution is -0.382. The zero-order chi connectivity index (χ0) is 84.9. The molecule has 2 aliphatic rings. The zero-order valence-electron chi connectivity index (χ0n) is 66.5. The number of ether oxygens (including phenoxy) is 2. The number of carbonyl (C=O) groups excluding carboxylic acids is 3. The molecule has 0 radical (unpaired) electrons. The third-order valence-electron chi connectivity index (χ3n) is 19.0. The molecule has 0 aliphatic carbocycles. The molecule has 2 atom stereocenters. The molecule has 0 saturated carbocycles. The molecule has 8 heterocycles. The van der Waals surface area contributed by atoms with Crippen molar-refractivity contribution in [2.45, 2.75) is 174 Å². The number of benzene rings is 3. The minimum atomic E-state index is -7.45. The van der Waals surface area contributed by atoms with E-state index in [1.165, 1.54) is 24.8 Å². The number of ketones is 3. The Morgan fingerprint density at radius 3 is 1.26 bits per heavy atom. The fourth-order valence-electron chi connectivity index (χ4n) is 12.2. The first-order chi connectivity index (χ1) is 52.3. The summed E-state index contributed by atoms with van der Waals surface area (Å²) in [4.78, 5) is 74.2. The third-order valence-corrected chi connectivity index (χ3v) is 26.9. The molecule has 620 valence electrons. The number of nitrogens with one attached hydrogen (secondary N) is 1. The Morgan fingerprint density at radius 2 is 0.886 bits per heavy atom. The summed E-state index contributed by atoms with van der Waals surface area (Å²) < 4.78 is 211. The molecule has 114 heavy (non-hydrogen) atoms. The fraction of sp³-hybridized carbons (Fsp3) is 0.494. The van der Waals surface area contributed by atoms with Crippen LogP contribution in [0.4, 0.5) is 50.9 Å². The van der Waals surface area contributed by atoms with Crippen molar-refractivity contribution in [2.75, 3.05) is 61.7 Å². The Labute approximate surface area is 659 Å². The van der Waals surface area contributed by atoms with E-state index >= 15 is 0 Å². The summed E-state index contributed by atoms with van der Waals surface area (Å²) in [6.45, 7) is 33.6. The van der Waals surface area contributed by atoms with Gasteiger partial charge in [0.25, 0.3) is 0 Å². The molecular weight excluding hydrogens is 1590 g/mol. The number of carbonyl (C=O) groups is 3. The number of halogens is 9. The first-order valence-electron chi connectivity index (χ1n) is 36.5. The van der Waals surface area contributed by atoms with Gasteiger partial charge in [-0.3, -0.25) is 14.4 Å². The SMILES string of the molecule is CC(C)(C)C(=O)c1c[nH]c2ncc(-c3cccc(N4CCC(S(C)(=O)=O)C4)c3)nc12.CC(C)(C)C(=O)c1cn(COCC[Si](C)(C)C)c2ncc(-c3cccc(N4CCC(S(C)(=O)=O)C4)c3)nc12.CC(C)(C)C(=O)c1cn(COCC[Si](C)(C)C)c2ncc(-c3cccc(OS(=O)(=O)C(F)(F)C(F)(F)C(F)(F)C(F)(F)F)c3)nc12. The molecule has 11 rings (SSSR count). The van der Waals surface area contributed by atoms with Crippen LogP contribution in [-0.2, 0) is 52.7 Å². The van der Waals surface area contributed by atoms with Gasteiger partial charge in [-0.15, -0.1) is 0 Å². The summed E-state index contributed by atoms with van der Waals surface area (Å²) in [5.74, 6) is -16.4. The number of alkyl halides is 9. The van der Waals surface area contributed by atoms with Gasteiger partial charge in [-0.1, -0.05) is 138 Å². The van der Waals surface area contributed by atoms with E-state index in [1.807, 2.05) is 101 Å². The van der Waals surface area contributed by atoms with E-state index in [9.17, 15) is 79.2 Å². The lowest BCUT2D eigenvalue weighted by Crippen LogP contribution is -2.63. The number of aromatic nitrogens is 9. The van der Waals surface area contributed by atoms with Crippen molar-refractivity contribution in [3.63, 3.8) is 0 Å². The molecule has 2 saturated heterocycles. The summed E-state index contributed by atoms with van der Waals surface area (Å²) in [6.07, 6.45) is 6.19. The second-order valence-electron chi connectivity index (χ2n) is 34.2. The third kappa shape index (κ3) is 20.5. The highest BCUT2D eigenvalue weighted by molar-refractivity contribution is 7.91. The average Bonchev–Trinajstić information content (AvgIpc) is 1.12. The largest absolute Gasteiger partial charge is 0.460 e. The van der Waals surface area contributed by atoms with E-state index in [4.69, 9.17) is 24.4 Å². The van der Waals surface area contributed by atoms with E-state index in [-0.39, 0.29) is 62.6 Å². The van der Waals surface area contributed by atoms with E-state index in [0.717, 1.165) is 46.9 Å². The second kappa shape index (κ2) is 32.9. The van der Waals surface area contributed by atoms with Crippen LogP contribution >= 0.6 is 0 Å². The number of H-pyrrole nitrogens is 1. The van der Waals surface area contributed by atoms with Gasteiger partial charge in [-0.2, -0.15) is 47.9 Å². The number of rotatable bonds is 25. The highest BCUT2D eigenvalue weighted by Crippen LogP contribution is 2.55. The van der Waals surface area contributed by atoms with Crippen molar-refractivity contribution in [1.29, 1.82) is 0 Å². The smallest absolute Gasteiger partial charge is 0.378 e. The second-order valence-corrected chi connectivity index (χ2v) is 51.7. The van der Waals surface area contributed by atoms with Crippen molar-refractivity contribution < 1.29 is 92.8 Å². The van der Waals surface area contributed by atoms with Gasteiger partial charge in [0.1, 0.15) is 35.8 Å². The van der Waals surface area contributed by atoms with Gasteiger partial charge in [0.15, 0.2) is 54.0 Å². The molecule has 2 aliphatic heterocycles. The van der Waals surface area contributed by atoms with Crippen LogP contribution in [0.3, 0.4) is 0 Å². The van der Waals surface area contributed by atoms with Crippen molar-refractivity contribution in [2.24, 2.45) is 16.2 Å². The zero-order valence-corrected chi connectivity index (χ0v) is 71.0. The number of anilines is 2. The lowest BCUT2D eigenvalue weighted by atomic mass is 9.87. The van der Waals surface area contributed by atoms with Crippen LogP contribution < -0.4 is 14.0 Å². The molecule has 1 N–H and O–H groups in total.